The summed E-state index contributed by atoms with van der Waals surface area (Å²) in [5.41, 5.74) is 2.27. The second-order valence-corrected chi connectivity index (χ2v) is 6.64. The lowest BCUT2D eigenvalue weighted by Crippen LogP contribution is -2.22. The molecule has 4 heteroatoms. The molecule has 1 heterocycles. The summed E-state index contributed by atoms with van der Waals surface area (Å²) in [5, 5.41) is 0. The van der Waals surface area contributed by atoms with Gasteiger partial charge in [0.15, 0.2) is 4.77 Å². The van der Waals surface area contributed by atoms with Crippen molar-refractivity contribution < 1.29 is 4.74 Å². The SMILES string of the molecule is COc1ccc2c(c1)[nH]c(=S)n2C1CC(C)CC(C)C1. The highest BCUT2D eigenvalue weighted by atomic mass is 32.1. The van der Waals surface area contributed by atoms with Gasteiger partial charge in [0, 0.05) is 12.1 Å². The third-order valence-corrected chi connectivity index (χ3v) is 4.74. The van der Waals surface area contributed by atoms with Crippen LogP contribution in [0.4, 0.5) is 0 Å². The van der Waals surface area contributed by atoms with Gasteiger partial charge in [0.1, 0.15) is 5.75 Å². The van der Waals surface area contributed by atoms with Crippen molar-refractivity contribution in [3.63, 3.8) is 0 Å². The van der Waals surface area contributed by atoms with E-state index in [0.717, 1.165) is 27.9 Å². The third-order valence-electron chi connectivity index (χ3n) is 4.44. The van der Waals surface area contributed by atoms with Crippen LogP contribution in [0, 0.1) is 16.6 Å². The molecular formula is C16H22N2OS. The highest BCUT2D eigenvalue weighted by Gasteiger charge is 2.26. The average Bonchev–Trinajstić information content (AvgIpc) is 2.72. The van der Waals surface area contributed by atoms with Gasteiger partial charge in [-0.3, -0.25) is 0 Å². The van der Waals surface area contributed by atoms with E-state index in [1.54, 1.807) is 7.11 Å². The Morgan fingerprint density at radius 1 is 1.20 bits per heavy atom. The predicted octanol–water partition coefficient (Wildman–Crippen LogP) is 4.70. The lowest BCUT2D eigenvalue weighted by Gasteiger charge is -2.32. The van der Waals surface area contributed by atoms with E-state index in [1.807, 2.05) is 12.1 Å². The standard InChI is InChI=1S/C16H22N2OS/c1-10-6-11(2)8-12(7-10)18-15-5-4-13(19-3)9-14(15)17-16(18)20/h4-5,9-12H,6-8H2,1-3H3,(H,17,20). The lowest BCUT2D eigenvalue weighted by molar-refractivity contribution is 0.223. The highest BCUT2D eigenvalue weighted by molar-refractivity contribution is 7.71. The Labute approximate surface area is 125 Å². The van der Waals surface area contributed by atoms with Crippen LogP contribution in [0.3, 0.4) is 0 Å². The minimum atomic E-state index is 0.517. The number of hydrogen-bond acceptors (Lipinski definition) is 2. The van der Waals surface area contributed by atoms with Crippen LogP contribution in [0.5, 0.6) is 5.75 Å². The molecule has 1 aliphatic carbocycles. The van der Waals surface area contributed by atoms with E-state index in [9.17, 15) is 0 Å². The van der Waals surface area contributed by atoms with E-state index in [-0.39, 0.29) is 0 Å². The number of H-pyrrole nitrogens is 1. The number of nitrogens with zero attached hydrogens (tertiary/aromatic N) is 1. The first-order chi connectivity index (χ1) is 9.58. The van der Waals surface area contributed by atoms with Gasteiger partial charge in [-0.25, -0.2) is 0 Å². The van der Waals surface area contributed by atoms with Crippen molar-refractivity contribution >= 4 is 23.3 Å². The topological polar surface area (TPSA) is 29.9 Å². The highest BCUT2D eigenvalue weighted by Crippen LogP contribution is 2.38. The summed E-state index contributed by atoms with van der Waals surface area (Å²) in [6.45, 7) is 4.70. The fourth-order valence-electron chi connectivity index (χ4n) is 3.71. The van der Waals surface area contributed by atoms with E-state index >= 15 is 0 Å². The van der Waals surface area contributed by atoms with Crippen molar-refractivity contribution in [1.29, 1.82) is 0 Å². The van der Waals surface area contributed by atoms with Crippen LogP contribution in [0.2, 0.25) is 0 Å². The molecule has 3 nitrogen and oxygen atoms in total. The number of imidazole rings is 1. The Hall–Kier alpha value is -1.29. The zero-order chi connectivity index (χ0) is 14.3. The molecule has 2 atom stereocenters. The lowest BCUT2D eigenvalue weighted by atomic mass is 9.80. The second-order valence-electron chi connectivity index (χ2n) is 6.25. The number of nitrogens with one attached hydrogen (secondary N) is 1. The molecule has 1 saturated carbocycles. The Kier molecular flexibility index (Phi) is 3.59. The van der Waals surface area contributed by atoms with Gasteiger partial charge < -0.3 is 14.3 Å². The first-order valence-corrected chi connectivity index (χ1v) is 7.77. The monoisotopic (exact) mass is 290 g/mol. The molecule has 1 aromatic carbocycles. The Bertz CT molecular complexity index is 663. The van der Waals surface area contributed by atoms with Gasteiger partial charge in [-0.15, -0.1) is 0 Å². The molecule has 20 heavy (non-hydrogen) atoms. The number of rotatable bonds is 2. The number of hydrogen-bond donors (Lipinski definition) is 1. The van der Waals surface area contributed by atoms with Crippen molar-refractivity contribution in [3.8, 4) is 5.75 Å². The molecule has 1 aliphatic rings. The average molecular weight is 290 g/mol. The van der Waals surface area contributed by atoms with Gasteiger partial charge in [0.05, 0.1) is 18.1 Å². The molecule has 1 fully saturated rings. The first kappa shape index (κ1) is 13.7. The van der Waals surface area contributed by atoms with Crippen LogP contribution in [0.1, 0.15) is 39.2 Å². The Morgan fingerprint density at radius 3 is 2.55 bits per heavy atom. The van der Waals surface area contributed by atoms with Gasteiger partial charge in [-0.05, 0) is 55.4 Å². The van der Waals surface area contributed by atoms with Gasteiger partial charge in [0.25, 0.3) is 0 Å². The van der Waals surface area contributed by atoms with Crippen LogP contribution in [0.25, 0.3) is 11.0 Å². The van der Waals surface area contributed by atoms with Gasteiger partial charge in [-0.1, -0.05) is 13.8 Å². The number of benzene rings is 1. The minimum Gasteiger partial charge on any atom is -0.497 e. The molecule has 0 spiro atoms. The Morgan fingerprint density at radius 2 is 1.90 bits per heavy atom. The summed E-state index contributed by atoms with van der Waals surface area (Å²) in [5.74, 6) is 2.41. The maximum atomic E-state index is 5.56. The molecule has 1 N–H and O–H groups in total. The van der Waals surface area contributed by atoms with E-state index in [4.69, 9.17) is 17.0 Å². The van der Waals surface area contributed by atoms with E-state index in [1.165, 1.54) is 24.8 Å². The van der Waals surface area contributed by atoms with Crippen LogP contribution in [-0.4, -0.2) is 16.7 Å². The maximum absolute atomic E-state index is 5.56. The molecule has 0 aliphatic heterocycles. The van der Waals surface area contributed by atoms with E-state index < -0.39 is 0 Å². The summed E-state index contributed by atoms with van der Waals surface area (Å²) in [4.78, 5) is 3.33. The van der Waals surface area contributed by atoms with Crippen molar-refractivity contribution in [2.75, 3.05) is 7.11 Å². The van der Waals surface area contributed by atoms with Gasteiger partial charge >= 0.3 is 0 Å². The number of aromatic nitrogens is 2. The van der Waals surface area contributed by atoms with Crippen molar-refractivity contribution in [2.24, 2.45) is 11.8 Å². The van der Waals surface area contributed by atoms with E-state index in [0.29, 0.717) is 6.04 Å². The number of ether oxygens (including phenoxy) is 1. The number of methoxy groups -OCH3 is 1. The smallest absolute Gasteiger partial charge is 0.178 e. The van der Waals surface area contributed by atoms with Crippen molar-refractivity contribution in [2.45, 2.75) is 39.2 Å². The molecule has 0 bridgehead atoms. The summed E-state index contributed by atoms with van der Waals surface area (Å²) >= 11 is 5.56. The molecule has 2 unspecified atom stereocenters. The van der Waals surface area contributed by atoms with Gasteiger partial charge in [-0.2, -0.15) is 0 Å². The molecule has 1 aromatic heterocycles. The molecule has 108 valence electrons. The molecule has 0 saturated heterocycles. The third kappa shape index (κ3) is 2.37. The quantitative estimate of drug-likeness (QED) is 0.812. The summed E-state index contributed by atoms with van der Waals surface area (Å²) in [7, 11) is 1.69. The normalized spacial score (nSPS) is 26.9. The second kappa shape index (κ2) is 5.24. The summed E-state index contributed by atoms with van der Waals surface area (Å²) in [6.07, 6.45) is 3.77. The zero-order valence-corrected chi connectivity index (χ0v) is 13.2. The summed E-state index contributed by atoms with van der Waals surface area (Å²) < 4.78 is 8.44. The fourth-order valence-corrected chi connectivity index (χ4v) is 4.07. The fraction of sp³-hybridized carbons (Fsp3) is 0.562. The number of fused-ring (bicyclic) bond motifs is 1. The molecule has 2 aromatic rings. The number of aromatic amines is 1. The molecular weight excluding hydrogens is 268 g/mol. The van der Waals surface area contributed by atoms with Crippen molar-refractivity contribution in [3.05, 3.63) is 23.0 Å². The molecule has 0 amide bonds. The predicted molar refractivity (Wildman–Crippen MR) is 84.9 cm³/mol. The van der Waals surface area contributed by atoms with Crippen LogP contribution in [-0.2, 0) is 0 Å². The maximum Gasteiger partial charge on any atom is 0.178 e. The molecule has 3 rings (SSSR count). The van der Waals surface area contributed by atoms with Crippen molar-refractivity contribution in [1.82, 2.24) is 9.55 Å². The Balaban J connectivity index is 2.06. The largest absolute Gasteiger partial charge is 0.497 e. The van der Waals surface area contributed by atoms with Gasteiger partial charge in [0.2, 0.25) is 0 Å². The zero-order valence-electron chi connectivity index (χ0n) is 12.3. The summed E-state index contributed by atoms with van der Waals surface area (Å²) in [6, 6.07) is 6.67. The first-order valence-electron chi connectivity index (χ1n) is 7.36. The molecule has 0 radical (unpaired) electrons. The minimum absolute atomic E-state index is 0.517. The van der Waals surface area contributed by atoms with Crippen LogP contribution >= 0.6 is 12.2 Å². The van der Waals surface area contributed by atoms with Crippen LogP contribution < -0.4 is 4.74 Å². The van der Waals surface area contributed by atoms with Crippen LogP contribution in [0.15, 0.2) is 18.2 Å². The van der Waals surface area contributed by atoms with E-state index in [2.05, 4.69) is 29.5 Å².